The fourth-order valence-electron chi connectivity index (χ4n) is 2.49. The number of hydrogen-bond donors (Lipinski definition) is 1. The smallest absolute Gasteiger partial charge is 0.360 e. The molecule has 27 heavy (non-hydrogen) atoms. The molecule has 0 aliphatic heterocycles. The molecule has 3 aromatic rings. The summed E-state index contributed by atoms with van der Waals surface area (Å²) in [7, 11) is -1.30. The summed E-state index contributed by atoms with van der Waals surface area (Å²) >= 11 is 0. The largest absolute Gasteiger partial charge is 0.417 e. The van der Waals surface area contributed by atoms with Gasteiger partial charge < -0.3 is 4.90 Å². The predicted octanol–water partition coefficient (Wildman–Crippen LogP) is 3.52. The molecule has 0 unspecified atom stereocenters. The summed E-state index contributed by atoms with van der Waals surface area (Å²) in [5.74, 6) is 0.0254. The SMILES string of the molecule is CN(C)c1nc2ccccc2nc1NS(=O)(=O)c1ccccc1C(F)(F)F. The standard InChI is InChI=1S/C17H15F3N4O2S/c1-24(2)16-15(21-12-8-4-5-9-13(12)22-16)23-27(25,26)14-10-6-3-7-11(14)17(18,19)20/h3-10H,1-2H3,(H,21,23). The zero-order chi connectivity index (χ0) is 19.8. The molecule has 0 spiro atoms. The van der Waals surface area contributed by atoms with Gasteiger partial charge in [-0.05, 0) is 24.3 Å². The average Bonchev–Trinajstić information content (AvgIpc) is 2.60. The minimum absolute atomic E-state index is 0.157. The molecule has 2 aromatic carbocycles. The van der Waals surface area contributed by atoms with Gasteiger partial charge in [-0.1, -0.05) is 24.3 Å². The van der Waals surface area contributed by atoms with Gasteiger partial charge in [0.1, 0.15) is 0 Å². The summed E-state index contributed by atoms with van der Waals surface area (Å²) in [6.07, 6.45) is -4.81. The molecule has 142 valence electrons. The first-order valence-corrected chi connectivity index (χ1v) is 9.21. The van der Waals surface area contributed by atoms with Gasteiger partial charge in [0, 0.05) is 14.1 Å². The molecular weight excluding hydrogens is 381 g/mol. The van der Waals surface area contributed by atoms with Crippen molar-refractivity contribution in [1.82, 2.24) is 9.97 Å². The first kappa shape index (κ1) is 18.9. The first-order chi connectivity index (χ1) is 12.6. The fraction of sp³-hybridized carbons (Fsp3) is 0.176. The van der Waals surface area contributed by atoms with Crippen molar-refractivity contribution in [3.05, 3.63) is 54.1 Å². The topological polar surface area (TPSA) is 75.2 Å². The molecule has 0 saturated carbocycles. The van der Waals surface area contributed by atoms with Gasteiger partial charge in [0.05, 0.1) is 21.5 Å². The Balaban J connectivity index is 2.13. The Morgan fingerprint density at radius 2 is 1.48 bits per heavy atom. The number of alkyl halides is 3. The second kappa shape index (κ2) is 6.69. The minimum atomic E-state index is -4.81. The van der Waals surface area contributed by atoms with Crippen molar-refractivity contribution in [1.29, 1.82) is 0 Å². The highest BCUT2D eigenvalue weighted by molar-refractivity contribution is 7.92. The monoisotopic (exact) mass is 396 g/mol. The van der Waals surface area contributed by atoms with E-state index in [1.807, 2.05) is 0 Å². The zero-order valence-corrected chi connectivity index (χ0v) is 15.1. The number of halogens is 3. The zero-order valence-electron chi connectivity index (χ0n) is 14.3. The van der Waals surface area contributed by atoms with Crippen molar-refractivity contribution in [2.24, 2.45) is 0 Å². The molecule has 3 rings (SSSR count). The van der Waals surface area contributed by atoms with Crippen LogP contribution in [0.2, 0.25) is 0 Å². The van der Waals surface area contributed by atoms with Crippen LogP contribution in [0, 0.1) is 0 Å². The van der Waals surface area contributed by atoms with Crippen LogP contribution >= 0.6 is 0 Å². The van der Waals surface area contributed by atoms with E-state index in [4.69, 9.17) is 0 Å². The van der Waals surface area contributed by atoms with E-state index in [9.17, 15) is 21.6 Å². The van der Waals surface area contributed by atoms with Gasteiger partial charge in [0.15, 0.2) is 11.6 Å². The Hall–Kier alpha value is -2.88. The molecule has 1 N–H and O–H groups in total. The number of benzene rings is 2. The molecular formula is C17H15F3N4O2S. The molecule has 0 atom stereocenters. The molecule has 0 amide bonds. The number of nitrogens with zero attached hydrogens (tertiary/aromatic N) is 3. The number of fused-ring (bicyclic) bond motifs is 1. The second-order valence-corrected chi connectivity index (χ2v) is 7.53. The lowest BCUT2D eigenvalue weighted by atomic mass is 10.2. The van der Waals surface area contributed by atoms with E-state index >= 15 is 0 Å². The highest BCUT2D eigenvalue weighted by atomic mass is 32.2. The molecule has 6 nitrogen and oxygen atoms in total. The lowest BCUT2D eigenvalue weighted by molar-refractivity contribution is -0.139. The number of hydrogen-bond acceptors (Lipinski definition) is 5. The van der Waals surface area contributed by atoms with E-state index in [2.05, 4.69) is 14.7 Å². The Morgan fingerprint density at radius 3 is 2.07 bits per heavy atom. The van der Waals surface area contributed by atoms with Gasteiger partial charge in [-0.2, -0.15) is 13.2 Å². The van der Waals surface area contributed by atoms with E-state index < -0.39 is 26.7 Å². The van der Waals surface area contributed by atoms with E-state index in [1.54, 1.807) is 38.4 Å². The summed E-state index contributed by atoms with van der Waals surface area (Å²) in [4.78, 5) is 9.20. The summed E-state index contributed by atoms with van der Waals surface area (Å²) in [6.45, 7) is 0. The van der Waals surface area contributed by atoms with Crippen molar-refractivity contribution in [3.63, 3.8) is 0 Å². The third-order valence-electron chi connectivity index (χ3n) is 3.69. The summed E-state index contributed by atoms with van der Waals surface area (Å²) < 4.78 is 67.1. The Morgan fingerprint density at radius 1 is 0.926 bits per heavy atom. The molecule has 1 heterocycles. The van der Waals surface area contributed by atoms with Crippen molar-refractivity contribution in [3.8, 4) is 0 Å². The Labute approximate surface area is 153 Å². The van der Waals surface area contributed by atoms with E-state index in [1.165, 1.54) is 11.0 Å². The van der Waals surface area contributed by atoms with Crippen molar-refractivity contribution in [2.75, 3.05) is 23.7 Å². The second-order valence-electron chi connectivity index (χ2n) is 5.88. The molecule has 0 saturated heterocycles. The predicted molar refractivity (Wildman–Crippen MR) is 96.1 cm³/mol. The summed E-state index contributed by atoms with van der Waals surface area (Å²) in [5, 5.41) is 0. The number of sulfonamides is 1. The highest BCUT2D eigenvalue weighted by Crippen LogP contribution is 2.35. The van der Waals surface area contributed by atoms with Crippen LogP contribution in [0.3, 0.4) is 0 Å². The molecule has 0 bridgehead atoms. The van der Waals surface area contributed by atoms with Crippen molar-refractivity contribution in [2.45, 2.75) is 11.1 Å². The molecule has 1 aromatic heterocycles. The number of nitrogens with one attached hydrogen (secondary N) is 1. The maximum Gasteiger partial charge on any atom is 0.417 e. The Kier molecular flexibility index (Phi) is 4.68. The number of anilines is 2. The van der Waals surface area contributed by atoms with Gasteiger partial charge in [-0.25, -0.2) is 18.4 Å². The van der Waals surface area contributed by atoms with Gasteiger partial charge in [0.2, 0.25) is 0 Å². The van der Waals surface area contributed by atoms with Crippen molar-refractivity contribution < 1.29 is 21.6 Å². The third-order valence-corrected chi connectivity index (χ3v) is 5.09. The van der Waals surface area contributed by atoms with Crippen LogP contribution in [0.1, 0.15) is 5.56 Å². The van der Waals surface area contributed by atoms with E-state index in [0.717, 1.165) is 12.1 Å². The van der Waals surface area contributed by atoms with Crippen LogP contribution in [-0.4, -0.2) is 32.5 Å². The van der Waals surface area contributed by atoms with Gasteiger partial charge in [-0.15, -0.1) is 0 Å². The Bertz CT molecular complexity index is 1100. The van der Waals surface area contributed by atoms with Crippen LogP contribution in [0.4, 0.5) is 24.8 Å². The highest BCUT2D eigenvalue weighted by Gasteiger charge is 2.37. The maximum absolute atomic E-state index is 13.2. The molecule has 10 heteroatoms. The van der Waals surface area contributed by atoms with E-state index in [-0.39, 0.29) is 11.6 Å². The maximum atomic E-state index is 13.2. The number of rotatable bonds is 4. The molecule has 0 radical (unpaired) electrons. The lowest BCUT2D eigenvalue weighted by Crippen LogP contribution is -2.22. The van der Waals surface area contributed by atoms with E-state index in [0.29, 0.717) is 17.1 Å². The first-order valence-electron chi connectivity index (χ1n) is 7.73. The quantitative estimate of drug-likeness (QED) is 0.730. The summed E-state index contributed by atoms with van der Waals surface area (Å²) in [6, 6.07) is 10.7. The van der Waals surface area contributed by atoms with Crippen molar-refractivity contribution >= 4 is 32.7 Å². The molecule has 0 aliphatic rings. The van der Waals surface area contributed by atoms with Gasteiger partial charge in [0.25, 0.3) is 10.0 Å². The lowest BCUT2D eigenvalue weighted by Gasteiger charge is -2.18. The number of aromatic nitrogens is 2. The van der Waals surface area contributed by atoms with Crippen LogP contribution in [0.5, 0.6) is 0 Å². The summed E-state index contributed by atoms with van der Waals surface area (Å²) in [5.41, 5.74) is -0.317. The fourth-order valence-corrected chi connectivity index (χ4v) is 3.72. The molecule has 0 aliphatic carbocycles. The van der Waals surface area contributed by atoms with Crippen LogP contribution in [0.15, 0.2) is 53.4 Å². The molecule has 0 fully saturated rings. The van der Waals surface area contributed by atoms with Crippen LogP contribution < -0.4 is 9.62 Å². The number of para-hydroxylation sites is 2. The van der Waals surface area contributed by atoms with Crippen LogP contribution in [-0.2, 0) is 16.2 Å². The van der Waals surface area contributed by atoms with Crippen LogP contribution in [0.25, 0.3) is 11.0 Å². The minimum Gasteiger partial charge on any atom is -0.360 e. The van der Waals surface area contributed by atoms with Gasteiger partial charge in [-0.3, -0.25) is 4.72 Å². The average molecular weight is 396 g/mol. The normalized spacial score (nSPS) is 12.2. The third kappa shape index (κ3) is 3.80. The van der Waals surface area contributed by atoms with Gasteiger partial charge >= 0.3 is 6.18 Å².